The van der Waals surface area contributed by atoms with Gasteiger partial charge in [-0.05, 0) is 50.5 Å². The lowest BCUT2D eigenvalue weighted by Gasteiger charge is -2.20. The van der Waals surface area contributed by atoms with Gasteiger partial charge in [0.25, 0.3) is 5.91 Å². The van der Waals surface area contributed by atoms with Crippen molar-refractivity contribution in [2.75, 3.05) is 7.11 Å². The quantitative estimate of drug-likeness (QED) is 0.700. The first-order valence-corrected chi connectivity index (χ1v) is 8.67. The van der Waals surface area contributed by atoms with Crippen LogP contribution in [0.25, 0.3) is 0 Å². The van der Waals surface area contributed by atoms with Crippen molar-refractivity contribution in [3.05, 3.63) is 59.7 Å². The van der Waals surface area contributed by atoms with E-state index < -0.39 is 6.10 Å². The molecule has 0 fully saturated rings. The summed E-state index contributed by atoms with van der Waals surface area (Å²) in [6, 6.07) is 15.0. The molecule has 1 amide bonds. The Morgan fingerprint density at radius 2 is 1.85 bits per heavy atom. The van der Waals surface area contributed by atoms with Crippen LogP contribution in [0, 0.1) is 0 Å². The van der Waals surface area contributed by atoms with Crippen LogP contribution in [0.4, 0.5) is 0 Å². The van der Waals surface area contributed by atoms with Gasteiger partial charge in [0, 0.05) is 11.6 Å². The van der Waals surface area contributed by atoms with E-state index in [1.807, 2.05) is 25.1 Å². The SMILES string of the molecule is COc1ccc(C=O)cc1OC(C)C(=O)NC(C)CCc1ccccc1. The first-order chi connectivity index (χ1) is 12.5. The predicted molar refractivity (Wildman–Crippen MR) is 101 cm³/mol. The average Bonchev–Trinajstić information content (AvgIpc) is 2.67. The maximum atomic E-state index is 12.4. The van der Waals surface area contributed by atoms with Crippen molar-refractivity contribution in [3.8, 4) is 11.5 Å². The Kier molecular flexibility index (Phi) is 7.21. The van der Waals surface area contributed by atoms with Gasteiger partial charge < -0.3 is 14.8 Å². The standard InChI is InChI=1S/C21H25NO4/c1-15(9-10-17-7-5-4-6-8-17)22-21(24)16(2)26-20-13-18(14-23)11-12-19(20)25-3/h4-8,11-16H,9-10H2,1-3H3,(H,22,24). The summed E-state index contributed by atoms with van der Waals surface area (Å²) in [5.41, 5.74) is 1.71. The number of ether oxygens (including phenoxy) is 2. The molecule has 2 unspecified atom stereocenters. The van der Waals surface area contributed by atoms with Crippen LogP contribution < -0.4 is 14.8 Å². The highest BCUT2D eigenvalue weighted by atomic mass is 16.5. The lowest BCUT2D eigenvalue weighted by atomic mass is 10.1. The van der Waals surface area contributed by atoms with Crippen molar-refractivity contribution in [2.24, 2.45) is 0 Å². The number of nitrogens with one attached hydrogen (secondary N) is 1. The molecule has 138 valence electrons. The zero-order valence-corrected chi connectivity index (χ0v) is 15.4. The van der Waals surface area contributed by atoms with Crippen LogP contribution in [0.3, 0.4) is 0 Å². The van der Waals surface area contributed by atoms with Crippen LogP contribution in [0.5, 0.6) is 11.5 Å². The minimum absolute atomic E-state index is 0.0250. The molecule has 0 bridgehead atoms. The molecule has 5 nitrogen and oxygen atoms in total. The fraction of sp³-hybridized carbons (Fsp3) is 0.333. The monoisotopic (exact) mass is 355 g/mol. The first-order valence-electron chi connectivity index (χ1n) is 8.67. The van der Waals surface area contributed by atoms with Crippen LogP contribution in [0.1, 0.15) is 36.2 Å². The third-order valence-corrected chi connectivity index (χ3v) is 4.09. The molecule has 0 saturated heterocycles. The highest BCUT2D eigenvalue weighted by Gasteiger charge is 2.19. The second kappa shape index (κ2) is 9.61. The molecule has 0 aliphatic rings. The number of amides is 1. The van der Waals surface area contributed by atoms with Gasteiger partial charge in [0.05, 0.1) is 7.11 Å². The first kappa shape index (κ1) is 19.5. The second-order valence-electron chi connectivity index (χ2n) is 6.22. The fourth-order valence-electron chi connectivity index (χ4n) is 2.56. The predicted octanol–water partition coefficient (Wildman–Crippen LogP) is 3.41. The highest BCUT2D eigenvalue weighted by Crippen LogP contribution is 2.28. The molecule has 2 rings (SSSR count). The summed E-state index contributed by atoms with van der Waals surface area (Å²) in [5, 5.41) is 2.96. The second-order valence-corrected chi connectivity index (χ2v) is 6.22. The van der Waals surface area contributed by atoms with Crippen molar-refractivity contribution >= 4 is 12.2 Å². The molecule has 2 aromatic rings. The largest absolute Gasteiger partial charge is 0.493 e. The topological polar surface area (TPSA) is 64.6 Å². The highest BCUT2D eigenvalue weighted by molar-refractivity contribution is 5.81. The molecular formula is C21H25NO4. The van der Waals surface area contributed by atoms with E-state index >= 15 is 0 Å². The number of hydrogen-bond acceptors (Lipinski definition) is 4. The molecule has 2 atom stereocenters. The molecule has 0 heterocycles. The summed E-state index contributed by atoms with van der Waals surface area (Å²) in [5.74, 6) is 0.646. The van der Waals surface area contributed by atoms with Crippen molar-refractivity contribution in [2.45, 2.75) is 38.8 Å². The third-order valence-electron chi connectivity index (χ3n) is 4.09. The molecule has 0 aliphatic carbocycles. The number of methoxy groups -OCH3 is 1. The van der Waals surface area contributed by atoms with Crippen LogP contribution >= 0.6 is 0 Å². The minimum atomic E-state index is -0.704. The van der Waals surface area contributed by atoms with E-state index in [1.165, 1.54) is 12.7 Å². The molecule has 26 heavy (non-hydrogen) atoms. The van der Waals surface area contributed by atoms with Crippen LogP contribution in [-0.4, -0.2) is 31.4 Å². The van der Waals surface area contributed by atoms with E-state index in [-0.39, 0.29) is 11.9 Å². The maximum Gasteiger partial charge on any atom is 0.260 e. The molecule has 2 aromatic carbocycles. The van der Waals surface area contributed by atoms with E-state index in [4.69, 9.17) is 9.47 Å². The van der Waals surface area contributed by atoms with Gasteiger partial charge in [-0.2, -0.15) is 0 Å². The zero-order valence-electron chi connectivity index (χ0n) is 15.4. The molecule has 0 radical (unpaired) electrons. The summed E-state index contributed by atoms with van der Waals surface area (Å²) in [4.78, 5) is 23.3. The van der Waals surface area contributed by atoms with E-state index in [9.17, 15) is 9.59 Å². The van der Waals surface area contributed by atoms with Gasteiger partial charge in [0.1, 0.15) is 6.29 Å². The van der Waals surface area contributed by atoms with Gasteiger partial charge in [0.2, 0.25) is 0 Å². The molecular weight excluding hydrogens is 330 g/mol. The van der Waals surface area contributed by atoms with Gasteiger partial charge in [-0.1, -0.05) is 30.3 Å². The fourth-order valence-corrected chi connectivity index (χ4v) is 2.56. The van der Waals surface area contributed by atoms with Crippen LogP contribution in [0.2, 0.25) is 0 Å². The van der Waals surface area contributed by atoms with Gasteiger partial charge in [-0.3, -0.25) is 9.59 Å². The Hall–Kier alpha value is -2.82. The number of rotatable bonds is 9. The molecule has 1 N–H and O–H groups in total. The van der Waals surface area contributed by atoms with Gasteiger partial charge >= 0.3 is 0 Å². The van der Waals surface area contributed by atoms with E-state index in [0.29, 0.717) is 17.1 Å². The Balaban J connectivity index is 1.89. The van der Waals surface area contributed by atoms with Crippen molar-refractivity contribution in [3.63, 3.8) is 0 Å². The van der Waals surface area contributed by atoms with E-state index in [2.05, 4.69) is 17.4 Å². The Morgan fingerprint density at radius 1 is 1.12 bits per heavy atom. The van der Waals surface area contributed by atoms with E-state index in [0.717, 1.165) is 19.1 Å². The number of benzene rings is 2. The number of aryl methyl sites for hydroxylation is 1. The van der Waals surface area contributed by atoms with Crippen LogP contribution in [-0.2, 0) is 11.2 Å². The minimum Gasteiger partial charge on any atom is -0.493 e. The number of carbonyl (C=O) groups is 2. The van der Waals surface area contributed by atoms with Crippen LogP contribution in [0.15, 0.2) is 48.5 Å². The lowest BCUT2D eigenvalue weighted by Crippen LogP contribution is -2.41. The van der Waals surface area contributed by atoms with Gasteiger partial charge in [0.15, 0.2) is 17.6 Å². The molecule has 0 spiro atoms. The molecule has 0 saturated carbocycles. The Bertz CT molecular complexity index is 730. The smallest absolute Gasteiger partial charge is 0.260 e. The average molecular weight is 355 g/mol. The molecule has 5 heteroatoms. The van der Waals surface area contributed by atoms with Crippen molar-refractivity contribution < 1.29 is 19.1 Å². The van der Waals surface area contributed by atoms with Crippen molar-refractivity contribution in [1.29, 1.82) is 0 Å². The van der Waals surface area contributed by atoms with E-state index in [1.54, 1.807) is 25.1 Å². The number of aldehydes is 1. The molecule has 0 aliphatic heterocycles. The summed E-state index contributed by atoms with van der Waals surface area (Å²) in [7, 11) is 1.51. The number of carbonyl (C=O) groups excluding carboxylic acids is 2. The summed E-state index contributed by atoms with van der Waals surface area (Å²) in [6.07, 6.45) is 1.76. The summed E-state index contributed by atoms with van der Waals surface area (Å²) >= 11 is 0. The van der Waals surface area contributed by atoms with Crippen molar-refractivity contribution in [1.82, 2.24) is 5.32 Å². The zero-order chi connectivity index (χ0) is 18.9. The number of hydrogen-bond donors (Lipinski definition) is 1. The lowest BCUT2D eigenvalue weighted by molar-refractivity contribution is -0.127. The summed E-state index contributed by atoms with van der Waals surface area (Å²) < 4.78 is 10.9. The normalized spacial score (nSPS) is 12.7. The Labute approximate surface area is 154 Å². The Morgan fingerprint density at radius 3 is 2.50 bits per heavy atom. The summed E-state index contributed by atoms with van der Waals surface area (Å²) in [6.45, 7) is 3.65. The van der Waals surface area contributed by atoms with Gasteiger partial charge in [-0.25, -0.2) is 0 Å². The van der Waals surface area contributed by atoms with Gasteiger partial charge in [-0.15, -0.1) is 0 Å². The maximum absolute atomic E-state index is 12.4. The third kappa shape index (κ3) is 5.62. The molecule has 0 aromatic heterocycles.